The van der Waals surface area contributed by atoms with Crippen molar-refractivity contribution in [1.82, 2.24) is 10.2 Å². The molecule has 19 heavy (non-hydrogen) atoms. The summed E-state index contributed by atoms with van der Waals surface area (Å²) in [5, 5.41) is 3.57. The van der Waals surface area contributed by atoms with Crippen LogP contribution in [0.3, 0.4) is 0 Å². The van der Waals surface area contributed by atoms with Crippen LogP contribution >= 0.6 is 0 Å². The highest BCUT2D eigenvalue weighted by Gasteiger charge is 2.34. The molecule has 4 atom stereocenters. The van der Waals surface area contributed by atoms with E-state index in [1.807, 2.05) is 0 Å². The number of hydrogen-bond acceptors (Lipinski definition) is 3. The van der Waals surface area contributed by atoms with Gasteiger partial charge >= 0.3 is 0 Å². The summed E-state index contributed by atoms with van der Waals surface area (Å²) in [7, 11) is 2.13. The van der Waals surface area contributed by atoms with Crippen LogP contribution in [0.5, 0.6) is 0 Å². The Hall–Kier alpha value is -0.120. The summed E-state index contributed by atoms with van der Waals surface area (Å²) in [4.78, 5) is 2.71. The summed E-state index contributed by atoms with van der Waals surface area (Å²) in [6.07, 6.45) is 8.47. The van der Waals surface area contributed by atoms with Gasteiger partial charge in [0, 0.05) is 31.8 Å². The first-order valence-electron chi connectivity index (χ1n) is 8.27. The first kappa shape index (κ1) is 15.3. The molecule has 1 heterocycles. The van der Waals surface area contributed by atoms with Crippen molar-refractivity contribution in [1.29, 1.82) is 0 Å². The van der Waals surface area contributed by atoms with Gasteiger partial charge in [0.15, 0.2) is 0 Å². The smallest absolute Gasteiger partial charge is 0.0674 e. The number of rotatable bonds is 4. The van der Waals surface area contributed by atoms with E-state index in [1.165, 1.54) is 45.1 Å². The second-order valence-corrected chi connectivity index (χ2v) is 6.46. The lowest BCUT2D eigenvalue weighted by Gasteiger charge is -2.43. The van der Waals surface area contributed by atoms with Gasteiger partial charge in [-0.1, -0.05) is 19.8 Å². The van der Waals surface area contributed by atoms with Gasteiger partial charge in [0.2, 0.25) is 0 Å². The van der Waals surface area contributed by atoms with Gasteiger partial charge in [0.05, 0.1) is 6.10 Å². The largest absolute Gasteiger partial charge is 0.377 e. The Morgan fingerprint density at radius 2 is 2.16 bits per heavy atom. The Labute approximate surface area is 119 Å². The number of likely N-dealkylation sites (N-methyl/N-ethyl adjacent to an activating group) is 1. The van der Waals surface area contributed by atoms with Gasteiger partial charge in [0.1, 0.15) is 0 Å². The van der Waals surface area contributed by atoms with E-state index in [0.29, 0.717) is 12.1 Å². The molecule has 4 unspecified atom stereocenters. The molecular weight excluding hydrogens is 236 g/mol. The Morgan fingerprint density at radius 1 is 1.32 bits per heavy atom. The Balaban J connectivity index is 1.99. The standard InChI is InChI=1S/C16H32N2O/c1-4-6-14-7-8-15(17-3)16(11-14)18-9-5-10-19-13(2)12-18/h13-17H,4-12H2,1-3H3. The second-order valence-electron chi connectivity index (χ2n) is 6.46. The van der Waals surface area contributed by atoms with Crippen molar-refractivity contribution in [2.24, 2.45) is 5.92 Å². The second kappa shape index (κ2) is 7.61. The van der Waals surface area contributed by atoms with Crippen molar-refractivity contribution in [3.8, 4) is 0 Å². The molecule has 2 rings (SSSR count). The fourth-order valence-electron chi connectivity index (χ4n) is 3.97. The molecule has 112 valence electrons. The van der Waals surface area contributed by atoms with Gasteiger partial charge in [0.25, 0.3) is 0 Å². The van der Waals surface area contributed by atoms with Gasteiger partial charge < -0.3 is 10.1 Å². The highest BCUT2D eigenvalue weighted by Crippen LogP contribution is 2.31. The highest BCUT2D eigenvalue weighted by molar-refractivity contribution is 4.91. The van der Waals surface area contributed by atoms with Crippen molar-refractivity contribution in [3.63, 3.8) is 0 Å². The lowest BCUT2D eigenvalue weighted by atomic mass is 9.79. The summed E-state index contributed by atoms with van der Waals surface area (Å²) in [5.41, 5.74) is 0. The molecule has 3 nitrogen and oxygen atoms in total. The summed E-state index contributed by atoms with van der Waals surface area (Å²) in [6.45, 7) is 7.81. The van der Waals surface area contributed by atoms with Crippen LogP contribution in [-0.2, 0) is 4.74 Å². The number of ether oxygens (including phenoxy) is 1. The molecule has 3 heteroatoms. The third-order valence-corrected chi connectivity index (χ3v) is 4.95. The van der Waals surface area contributed by atoms with Gasteiger partial charge in [-0.15, -0.1) is 0 Å². The molecular formula is C16H32N2O. The molecule has 0 amide bonds. The van der Waals surface area contributed by atoms with E-state index in [9.17, 15) is 0 Å². The average Bonchev–Trinajstić information content (AvgIpc) is 2.64. The Morgan fingerprint density at radius 3 is 2.89 bits per heavy atom. The fraction of sp³-hybridized carbons (Fsp3) is 1.00. The zero-order chi connectivity index (χ0) is 13.7. The lowest BCUT2D eigenvalue weighted by Crippen LogP contribution is -2.53. The summed E-state index contributed by atoms with van der Waals surface area (Å²) in [5.74, 6) is 0.944. The molecule has 0 spiro atoms. The minimum absolute atomic E-state index is 0.395. The SMILES string of the molecule is CCCC1CCC(NC)C(N2CCCOC(C)C2)C1. The monoisotopic (exact) mass is 268 g/mol. The van der Waals surface area contributed by atoms with E-state index in [2.05, 4.69) is 31.1 Å². The van der Waals surface area contributed by atoms with Crippen molar-refractivity contribution in [2.75, 3.05) is 26.7 Å². The highest BCUT2D eigenvalue weighted by atomic mass is 16.5. The van der Waals surface area contributed by atoms with E-state index in [4.69, 9.17) is 4.74 Å². The first-order valence-corrected chi connectivity index (χ1v) is 8.27. The van der Waals surface area contributed by atoms with E-state index in [0.717, 1.165) is 25.1 Å². The van der Waals surface area contributed by atoms with Gasteiger partial charge in [-0.3, -0.25) is 4.90 Å². The topological polar surface area (TPSA) is 24.5 Å². The van der Waals surface area contributed by atoms with E-state index >= 15 is 0 Å². The molecule has 1 saturated heterocycles. The van der Waals surface area contributed by atoms with Crippen LogP contribution in [-0.4, -0.2) is 49.8 Å². The predicted octanol–water partition coefficient (Wildman–Crippen LogP) is 2.65. The zero-order valence-electron chi connectivity index (χ0n) is 13.0. The van der Waals surface area contributed by atoms with Crippen molar-refractivity contribution in [3.05, 3.63) is 0 Å². The molecule has 1 saturated carbocycles. The third kappa shape index (κ3) is 4.17. The number of nitrogens with one attached hydrogen (secondary N) is 1. The van der Waals surface area contributed by atoms with Crippen LogP contribution in [0.1, 0.15) is 52.4 Å². The summed E-state index contributed by atoms with van der Waals surface area (Å²) >= 11 is 0. The van der Waals surface area contributed by atoms with Gasteiger partial charge in [-0.2, -0.15) is 0 Å². The quantitative estimate of drug-likeness (QED) is 0.848. The molecule has 1 aliphatic heterocycles. The number of nitrogens with zero attached hydrogens (tertiary/aromatic N) is 1. The predicted molar refractivity (Wildman–Crippen MR) is 80.5 cm³/mol. The molecule has 0 radical (unpaired) electrons. The van der Waals surface area contributed by atoms with Gasteiger partial charge in [-0.25, -0.2) is 0 Å². The van der Waals surface area contributed by atoms with E-state index in [-0.39, 0.29) is 0 Å². The molecule has 0 aromatic rings. The van der Waals surface area contributed by atoms with Crippen LogP contribution in [0.25, 0.3) is 0 Å². The van der Waals surface area contributed by atoms with E-state index in [1.54, 1.807) is 0 Å². The lowest BCUT2D eigenvalue weighted by molar-refractivity contribution is 0.0442. The summed E-state index contributed by atoms with van der Waals surface area (Å²) in [6, 6.07) is 1.40. The Bertz CT molecular complexity index is 259. The Kier molecular flexibility index (Phi) is 6.11. The minimum Gasteiger partial charge on any atom is -0.377 e. The first-order chi connectivity index (χ1) is 9.24. The molecule has 2 aliphatic rings. The molecule has 0 aromatic carbocycles. The molecule has 0 bridgehead atoms. The average molecular weight is 268 g/mol. The van der Waals surface area contributed by atoms with E-state index < -0.39 is 0 Å². The maximum absolute atomic E-state index is 5.81. The van der Waals surface area contributed by atoms with Crippen LogP contribution in [0, 0.1) is 5.92 Å². The molecule has 0 aromatic heterocycles. The normalized spacial score (nSPS) is 38.1. The molecule has 1 N–H and O–H groups in total. The molecule has 2 fully saturated rings. The van der Waals surface area contributed by atoms with Crippen LogP contribution in [0.15, 0.2) is 0 Å². The molecule has 1 aliphatic carbocycles. The van der Waals surface area contributed by atoms with Crippen molar-refractivity contribution >= 4 is 0 Å². The number of hydrogen-bond donors (Lipinski definition) is 1. The fourth-order valence-corrected chi connectivity index (χ4v) is 3.97. The van der Waals surface area contributed by atoms with Crippen molar-refractivity contribution < 1.29 is 4.74 Å². The van der Waals surface area contributed by atoms with Gasteiger partial charge in [-0.05, 0) is 45.6 Å². The van der Waals surface area contributed by atoms with Crippen LogP contribution in [0.4, 0.5) is 0 Å². The van der Waals surface area contributed by atoms with Crippen molar-refractivity contribution in [2.45, 2.75) is 70.6 Å². The maximum atomic E-state index is 5.81. The minimum atomic E-state index is 0.395. The zero-order valence-corrected chi connectivity index (χ0v) is 13.0. The third-order valence-electron chi connectivity index (χ3n) is 4.95. The van der Waals surface area contributed by atoms with Crippen LogP contribution in [0.2, 0.25) is 0 Å². The summed E-state index contributed by atoms with van der Waals surface area (Å²) < 4.78 is 5.81. The maximum Gasteiger partial charge on any atom is 0.0674 e. The van der Waals surface area contributed by atoms with Crippen LogP contribution < -0.4 is 5.32 Å².